The average molecular weight is 488 g/mol. The van der Waals surface area contributed by atoms with Gasteiger partial charge in [0.15, 0.2) is 0 Å². The van der Waals surface area contributed by atoms with Crippen molar-refractivity contribution in [3.8, 4) is 0 Å². The lowest BCUT2D eigenvalue weighted by Gasteiger charge is -2.27. The van der Waals surface area contributed by atoms with Crippen LogP contribution in [0.15, 0.2) is 36.0 Å². The molecule has 0 saturated carbocycles. The van der Waals surface area contributed by atoms with E-state index in [1.54, 1.807) is 26.8 Å². The second kappa shape index (κ2) is 13.6. The minimum Gasteiger partial charge on any atom is -0.455 e. The largest absolute Gasteiger partial charge is 0.455 e. The van der Waals surface area contributed by atoms with E-state index in [1.165, 1.54) is 11.1 Å². The first-order valence-electron chi connectivity index (χ1n) is 10.5. The highest BCUT2D eigenvalue weighted by atomic mass is 79.9. The highest BCUT2D eigenvalue weighted by Gasteiger charge is 2.31. The van der Waals surface area contributed by atoms with E-state index in [9.17, 15) is 14.9 Å². The van der Waals surface area contributed by atoms with E-state index in [0.717, 1.165) is 32.1 Å². The number of allylic oxidation sites excluding steroid dienone is 4. The monoisotopic (exact) mass is 487 g/mol. The molecule has 0 fully saturated rings. The quantitative estimate of drug-likeness (QED) is 0.0827. The molecule has 172 valence electrons. The van der Waals surface area contributed by atoms with Crippen LogP contribution in [0, 0.1) is 10.1 Å². The van der Waals surface area contributed by atoms with Gasteiger partial charge >= 0.3 is 5.97 Å². The highest BCUT2D eigenvalue weighted by molar-refractivity contribution is 9.09. The number of carbonyl (C=O) groups is 1. The summed E-state index contributed by atoms with van der Waals surface area (Å²) >= 11 is 3.51. The Labute approximate surface area is 190 Å². The molecule has 0 aromatic heterocycles. The van der Waals surface area contributed by atoms with E-state index in [-0.39, 0.29) is 10.8 Å². The first kappa shape index (κ1) is 28.4. The third-order valence-corrected chi connectivity index (χ3v) is 6.65. The van der Waals surface area contributed by atoms with E-state index in [4.69, 9.17) is 9.57 Å². The Kier molecular flexibility index (Phi) is 12.9. The van der Waals surface area contributed by atoms with Gasteiger partial charge in [0, 0.05) is 11.2 Å². The minimum atomic E-state index is -0.867. The number of halogens is 1. The molecule has 0 rings (SSSR count). The fourth-order valence-electron chi connectivity index (χ4n) is 2.83. The van der Waals surface area contributed by atoms with Crippen LogP contribution in [-0.4, -0.2) is 27.1 Å². The summed E-state index contributed by atoms with van der Waals surface area (Å²) in [4.78, 5) is 26.8. The van der Waals surface area contributed by atoms with Crippen molar-refractivity contribution in [3.05, 3.63) is 46.1 Å². The number of nitrogens with zero attached hydrogens (tertiary/aromatic N) is 1. The first-order valence-corrected chi connectivity index (χ1v) is 11.4. The Hall–Kier alpha value is -1.63. The standard InChI is InChI=1S/C23H38BrNO5/c1-8-21(26)29-23(7,9-2)17-11-14-18(3)12-10-13-19(4)15-16-20(24)22(5,6)30-25(27)28/h9,13-14,20H,2,8,10-12,15-17H2,1,3-7H3/b18-14+,19-13+. The van der Waals surface area contributed by atoms with Crippen molar-refractivity contribution in [1.82, 2.24) is 0 Å². The molecule has 6 nitrogen and oxygen atoms in total. The zero-order valence-electron chi connectivity index (χ0n) is 19.3. The third kappa shape index (κ3) is 12.2. The van der Waals surface area contributed by atoms with Crippen LogP contribution in [0.4, 0.5) is 0 Å². The van der Waals surface area contributed by atoms with Gasteiger partial charge in [-0.1, -0.05) is 52.7 Å². The molecule has 2 atom stereocenters. The molecule has 0 heterocycles. The van der Waals surface area contributed by atoms with Gasteiger partial charge in [0.1, 0.15) is 11.2 Å². The summed E-state index contributed by atoms with van der Waals surface area (Å²) in [6, 6.07) is 0. The average Bonchev–Trinajstić information content (AvgIpc) is 2.64. The van der Waals surface area contributed by atoms with Gasteiger partial charge in [-0.05, 0) is 79.2 Å². The number of hydrogen-bond donors (Lipinski definition) is 0. The van der Waals surface area contributed by atoms with E-state index in [1.807, 2.05) is 6.92 Å². The molecule has 2 unspecified atom stereocenters. The zero-order chi connectivity index (χ0) is 23.4. The highest BCUT2D eigenvalue weighted by Crippen LogP contribution is 2.27. The lowest BCUT2D eigenvalue weighted by molar-refractivity contribution is -0.778. The van der Waals surface area contributed by atoms with Gasteiger partial charge in [0.05, 0.1) is 0 Å². The number of ether oxygens (including phenoxy) is 1. The fraction of sp³-hybridized carbons (Fsp3) is 0.696. The first-order chi connectivity index (χ1) is 13.8. The lowest BCUT2D eigenvalue weighted by atomic mass is 9.97. The van der Waals surface area contributed by atoms with E-state index < -0.39 is 16.3 Å². The van der Waals surface area contributed by atoms with Gasteiger partial charge in [0.25, 0.3) is 5.09 Å². The predicted molar refractivity (Wildman–Crippen MR) is 125 cm³/mol. The van der Waals surface area contributed by atoms with Crippen LogP contribution in [0.1, 0.15) is 86.5 Å². The van der Waals surface area contributed by atoms with Gasteiger partial charge in [-0.25, -0.2) is 0 Å². The van der Waals surface area contributed by atoms with Crippen molar-refractivity contribution in [2.45, 2.75) is 103 Å². The van der Waals surface area contributed by atoms with Gasteiger partial charge in [-0.3, -0.25) is 4.79 Å². The molecule has 0 radical (unpaired) electrons. The van der Waals surface area contributed by atoms with Crippen molar-refractivity contribution in [1.29, 1.82) is 0 Å². The normalized spacial score (nSPS) is 15.8. The molecule has 0 spiro atoms. The summed E-state index contributed by atoms with van der Waals surface area (Å²) in [6.07, 6.45) is 11.5. The molecule has 0 aliphatic heterocycles. The Morgan fingerprint density at radius 3 is 2.27 bits per heavy atom. The van der Waals surface area contributed by atoms with Crippen LogP contribution < -0.4 is 0 Å². The molecule has 0 aromatic carbocycles. The number of esters is 1. The molecule has 0 aliphatic rings. The van der Waals surface area contributed by atoms with Crippen LogP contribution in [0.25, 0.3) is 0 Å². The molecule has 0 bridgehead atoms. The third-order valence-electron chi connectivity index (χ3n) is 5.09. The van der Waals surface area contributed by atoms with Crippen molar-refractivity contribution < 1.29 is 19.5 Å². The second-order valence-corrected chi connectivity index (χ2v) is 9.55. The molecule has 0 N–H and O–H groups in total. The SMILES string of the molecule is C=CC(C)(CC/C=C(\C)CC/C=C(\C)CCC(Br)C(C)(C)O[N+](=O)[O-])OC(=O)CC. The molecular weight excluding hydrogens is 450 g/mol. The van der Waals surface area contributed by atoms with Crippen LogP contribution in [0.5, 0.6) is 0 Å². The molecule has 0 amide bonds. The number of hydrogen-bond acceptors (Lipinski definition) is 5. The molecule has 0 aromatic rings. The van der Waals surface area contributed by atoms with Gasteiger partial charge in [0.2, 0.25) is 0 Å². The summed E-state index contributed by atoms with van der Waals surface area (Å²) in [5.74, 6) is -0.210. The Morgan fingerprint density at radius 1 is 1.17 bits per heavy atom. The summed E-state index contributed by atoms with van der Waals surface area (Å²) in [5.41, 5.74) is 1.06. The van der Waals surface area contributed by atoms with E-state index in [0.29, 0.717) is 12.8 Å². The van der Waals surface area contributed by atoms with Gasteiger partial charge < -0.3 is 9.57 Å². The van der Waals surface area contributed by atoms with Crippen LogP contribution in [-0.2, 0) is 14.4 Å². The van der Waals surface area contributed by atoms with Crippen molar-refractivity contribution in [2.24, 2.45) is 0 Å². The maximum absolute atomic E-state index is 11.6. The molecular formula is C23H38BrNO5. The topological polar surface area (TPSA) is 78.7 Å². The maximum Gasteiger partial charge on any atom is 0.306 e. The predicted octanol–water partition coefficient (Wildman–Crippen LogP) is 6.87. The summed E-state index contributed by atoms with van der Waals surface area (Å²) < 4.78 is 5.48. The lowest BCUT2D eigenvalue weighted by Crippen LogP contribution is -2.37. The molecule has 0 saturated heterocycles. The molecule has 0 aliphatic carbocycles. The van der Waals surface area contributed by atoms with Crippen LogP contribution >= 0.6 is 15.9 Å². The van der Waals surface area contributed by atoms with E-state index in [2.05, 4.69) is 48.5 Å². The Bertz CT molecular complexity index is 642. The number of rotatable bonds is 15. The zero-order valence-corrected chi connectivity index (χ0v) is 20.9. The van der Waals surface area contributed by atoms with E-state index >= 15 is 0 Å². The fourth-order valence-corrected chi connectivity index (χ4v) is 3.15. The number of carbonyl (C=O) groups excluding carboxylic acids is 1. The second-order valence-electron chi connectivity index (χ2n) is 8.45. The maximum atomic E-state index is 11.6. The number of alkyl halides is 1. The Balaban J connectivity index is 4.41. The summed E-state index contributed by atoms with van der Waals surface area (Å²) in [6.45, 7) is 15.1. The van der Waals surface area contributed by atoms with Crippen molar-refractivity contribution in [2.75, 3.05) is 0 Å². The summed E-state index contributed by atoms with van der Waals surface area (Å²) in [7, 11) is 0. The van der Waals surface area contributed by atoms with Gasteiger partial charge in [-0.15, -0.1) is 10.1 Å². The summed E-state index contributed by atoms with van der Waals surface area (Å²) in [5, 5.41) is 9.85. The van der Waals surface area contributed by atoms with Crippen molar-refractivity contribution in [3.63, 3.8) is 0 Å². The van der Waals surface area contributed by atoms with Crippen LogP contribution in [0.2, 0.25) is 0 Å². The minimum absolute atomic E-state index is 0.110. The Morgan fingerprint density at radius 2 is 1.73 bits per heavy atom. The van der Waals surface area contributed by atoms with Crippen molar-refractivity contribution >= 4 is 21.9 Å². The van der Waals surface area contributed by atoms with Crippen LogP contribution in [0.3, 0.4) is 0 Å². The smallest absolute Gasteiger partial charge is 0.306 e. The van der Waals surface area contributed by atoms with Gasteiger partial charge in [-0.2, -0.15) is 0 Å². The molecule has 30 heavy (non-hydrogen) atoms. The molecule has 7 heteroatoms.